The second kappa shape index (κ2) is 10.3. The van der Waals surface area contributed by atoms with Crippen molar-refractivity contribution in [3.8, 4) is 11.5 Å². The third kappa shape index (κ3) is 5.55. The summed E-state index contributed by atoms with van der Waals surface area (Å²) in [7, 11) is 0. The summed E-state index contributed by atoms with van der Waals surface area (Å²) in [6, 6.07) is 18.5. The first-order valence-electron chi connectivity index (χ1n) is 11.6. The standard InChI is InChI=1S/C26H26ClN5O3/c1-18(28-26(33)23-6-3-15-34-23)25-30-29-24-11-12-31(13-14-32(24)25)17-19-4-2-5-22(16-19)35-21-9-7-20(27)8-10-21/h2-10,15-16,18H,11-14,17H2,1H3,(H,28,33)/t18-/m0/s1. The predicted molar refractivity (Wildman–Crippen MR) is 132 cm³/mol. The number of furan rings is 1. The van der Waals surface area contributed by atoms with E-state index in [1.807, 2.05) is 43.3 Å². The minimum atomic E-state index is -0.290. The van der Waals surface area contributed by atoms with E-state index in [0.717, 1.165) is 55.7 Å². The lowest BCUT2D eigenvalue weighted by Crippen LogP contribution is -2.30. The molecule has 0 fully saturated rings. The highest BCUT2D eigenvalue weighted by molar-refractivity contribution is 6.30. The molecule has 2 aromatic heterocycles. The summed E-state index contributed by atoms with van der Waals surface area (Å²) in [4.78, 5) is 14.8. The van der Waals surface area contributed by atoms with Crippen LogP contribution in [0.15, 0.2) is 71.3 Å². The van der Waals surface area contributed by atoms with Crippen LogP contribution in [0.5, 0.6) is 11.5 Å². The molecule has 0 radical (unpaired) electrons. The molecule has 1 amide bonds. The van der Waals surface area contributed by atoms with E-state index in [0.29, 0.717) is 5.02 Å². The van der Waals surface area contributed by atoms with Crippen molar-refractivity contribution in [2.24, 2.45) is 0 Å². The van der Waals surface area contributed by atoms with Gasteiger partial charge < -0.3 is 19.0 Å². The van der Waals surface area contributed by atoms with Crippen molar-refractivity contribution in [1.29, 1.82) is 0 Å². The lowest BCUT2D eigenvalue weighted by atomic mass is 10.2. The van der Waals surface area contributed by atoms with Gasteiger partial charge in [0.1, 0.15) is 17.3 Å². The van der Waals surface area contributed by atoms with Crippen molar-refractivity contribution in [3.05, 3.63) is 94.9 Å². The first-order valence-corrected chi connectivity index (χ1v) is 11.9. The fourth-order valence-electron chi connectivity index (χ4n) is 4.21. The number of fused-ring (bicyclic) bond motifs is 1. The van der Waals surface area contributed by atoms with Gasteiger partial charge in [-0.2, -0.15) is 0 Å². The maximum atomic E-state index is 12.4. The predicted octanol–water partition coefficient (Wildman–Crippen LogP) is 4.87. The van der Waals surface area contributed by atoms with Crippen LogP contribution in [0.3, 0.4) is 0 Å². The Labute approximate surface area is 208 Å². The van der Waals surface area contributed by atoms with Crippen LogP contribution >= 0.6 is 11.6 Å². The highest BCUT2D eigenvalue weighted by Crippen LogP contribution is 2.25. The van der Waals surface area contributed by atoms with Gasteiger partial charge in [-0.3, -0.25) is 9.69 Å². The Bertz CT molecular complexity index is 1290. The van der Waals surface area contributed by atoms with E-state index in [1.54, 1.807) is 12.1 Å². The number of rotatable bonds is 7. The molecule has 0 unspecified atom stereocenters. The summed E-state index contributed by atoms with van der Waals surface area (Å²) < 4.78 is 13.3. The van der Waals surface area contributed by atoms with Crippen molar-refractivity contribution in [1.82, 2.24) is 25.0 Å². The number of nitrogens with one attached hydrogen (secondary N) is 1. The lowest BCUT2D eigenvalue weighted by molar-refractivity contribution is 0.0909. The average molecular weight is 492 g/mol. The number of nitrogens with zero attached hydrogens (tertiary/aromatic N) is 4. The molecule has 1 atom stereocenters. The Morgan fingerprint density at radius 1 is 1.09 bits per heavy atom. The van der Waals surface area contributed by atoms with Crippen LogP contribution < -0.4 is 10.1 Å². The zero-order valence-electron chi connectivity index (χ0n) is 19.4. The summed E-state index contributed by atoms with van der Waals surface area (Å²) in [6.07, 6.45) is 2.27. The van der Waals surface area contributed by atoms with Crippen molar-refractivity contribution in [2.75, 3.05) is 13.1 Å². The van der Waals surface area contributed by atoms with Gasteiger partial charge in [-0.1, -0.05) is 23.7 Å². The smallest absolute Gasteiger partial charge is 0.287 e. The average Bonchev–Trinajstić information content (AvgIpc) is 3.49. The number of carbonyl (C=O) groups is 1. The van der Waals surface area contributed by atoms with Gasteiger partial charge in [0.25, 0.3) is 5.91 Å². The fourth-order valence-corrected chi connectivity index (χ4v) is 4.34. The molecule has 5 rings (SSSR count). The van der Waals surface area contributed by atoms with E-state index in [9.17, 15) is 4.79 Å². The summed E-state index contributed by atoms with van der Waals surface area (Å²) in [5, 5.41) is 12.4. The normalized spacial score (nSPS) is 14.7. The molecule has 8 nitrogen and oxygen atoms in total. The Balaban J connectivity index is 1.21. The first kappa shape index (κ1) is 23.1. The van der Waals surface area contributed by atoms with Crippen molar-refractivity contribution in [2.45, 2.75) is 32.5 Å². The van der Waals surface area contributed by atoms with Gasteiger partial charge in [0.05, 0.1) is 12.3 Å². The van der Waals surface area contributed by atoms with Gasteiger partial charge in [0.15, 0.2) is 11.6 Å². The van der Waals surface area contributed by atoms with Crippen LogP contribution in [-0.2, 0) is 19.5 Å². The molecule has 2 aromatic carbocycles. The van der Waals surface area contributed by atoms with Crippen LogP contribution in [0.25, 0.3) is 0 Å². The lowest BCUT2D eigenvalue weighted by Gasteiger charge is -2.20. The summed E-state index contributed by atoms with van der Waals surface area (Å²) in [5.41, 5.74) is 1.17. The largest absolute Gasteiger partial charge is 0.459 e. The summed E-state index contributed by atoms with van der Waals surface area (Å²) in [6.45, 7) is 5.18. The van der Waals surface area contributed by atoms with Gasteiger partial charge in [-0.15, -0.1) is 10.2 Å². The van der Waals surface area contributed by atoms with Crippen LogP contribution in [0.4, 0.5) is 0 Å². The summed E-state index contributed by atoms with van der Waals surface area (Å²) in [5.74, 6) is 3.23. The molecule has 1 aliphatic heterocycles. The van der Waals surface area contributed by atoms with E-state index in [1.165, 1.54) is 11.8 Å². The highest BCUT2D eigenvalue weighted by atomic mass is 35.5. The van der Waals surface area contributed by atoms with Gasteiger partial charge >= 0.3 is 0 Å². The number of carbonyl (C=O) groups excluding carboxylic acids is 1. The zero-order valence-corrected chi connectivity index (χ0v) is 20.1. The Hall–Kier alpha value is -3.62. The SMILES string of the molecule is C[C@H](NC(=O)c1ccco1)c1nnc2n1CCN(Cc1cccc(Oc3ccc(Cl)cc3)c1)CC2. The maximum Gasteiger partial charge on any atom is 0.287 e. The van der Waals surface area contributed by atoms with Gasteiger partial charge in [-0.25, -0.2) is 0 Å². The molecule has 3 heterocycles. The van der Waals surface area contributed by atoms with E-state index in [-0.39, 0.29) is 17.7 Å². The molecule has 180 valence electrons. The Morgan fingerprint density at radius 3 is 2.74 bits per heavy atom. The van der Waals surface area contributed by atoms with Crippen LogP contribution in [-0.4, -0.2) is 38.7 Å². The number of benzene rings is 2. The minimum Gasteiger partial charge on any atom is -0.459 e. The molecule has 0 aliphatic carbocycles. The van der Waals surface area contributed by atoms with Crippen LogP contribution in [0.1, 0.15) is 40.7 Å². The van der Waals surface area contributed by atoms with Crippen LogP contribution in [0.2, 0.25) is 5.02 Å². The van der Waals surface area contributed by atoms with E-state index in [4.69, 9.17) is 20.8 Å². The molecule has 9 heteroatoms. The molecule has 1 aliphatic rings. The van der Waals surface area contributed by atoms with Gasteiger partial charge in [-0.05, 0) is 61.0 Å². The molecule has 1 N–H and O–H groups in total. The number of hydrogen-bond acceptors (Lipinski definition) is 6. The molecular weight excluding hydrogens is 466 g/mol. The number of ether oxygens (including phenoxy) is 1. The zero-order chi connectivity index (χ0) is 24.2. The number of hydrogen-bond donors (Lipinski definition) is 1. The van der Waals surface area contributed by atoms with E-state index < -0.39 is 0 Å². The molecule has 0 spiro atoms. The van der Waals surface area contributed by atoms with Gasteiger partial charge in [0, 0.05) is 37.6 Å². The molecular formula is C26H26ClN5O3. The molecule has 0 saturated carbocycles. The van der Waals surface area contributed by atoms with Crippen molar-refractivity contribution in [3.63, 3.8) is 0 Å². The maximum absolute atomic E-state index is 12.4. The minimum absolute atomic E-state index is 0.268. The van der Waals surface area contributed by atoms with Crippen LogP contribution in [0, 0.1) is 0 Å². The third-order valence-corrected chi connectivity index (χ3v) is 6.23. The molecule has 4 aromatic rings. The monoisotopic (exact) mass is 491 g/mol. The van der Waals surface area contributed by atoms with Crippen molar-refractivity contribution >= 4 is 17.5 Å². The van der Waals surface area contributed by atoms with E-state index in [2.05, 4.69) is 37.1 Å². The molecule has 0 bridgehead atoms. The van der Waals surface area contributed by atoms with Gasteiger partial charge in [0.2, 0.25) is 0 Å². The first-order chi connectivity index (χ1) is 17.0. The second-order valence-electron chi connectivity index (χ2n) is 8.53. The highest BCUT2D eigenvalue weighted by Gasteiger charge is 2.23. The Morgan fingerprint density at radius 2 is 1.94 bits per heavy atom. The molecule has 0 saturated heterocycles. The third-order valence-electron chi connectivity index (χ3n) is 5.98. The summed E-state index contributed by atoms with van der Waals surface area (Å²) >= 11 is 5.96. The number of halogens is 1. The van der Waals surface area contributed by atoms with E-state index >= 15 is 0 Å². The second-order valence-corrected chi connectivity index (χ2v) is 8.96. The van der Waals surface area contributed by atoms with Crippen molar-refractivity contribution < 1.29 is 13.9 Å². The molecule has 35 heavy (non-hydrogen) atoms. The number of aromatic nitrogens is 3. The quantitative estimate of drug-likeness (QED) is 0.397. The number of amides is 1. The fraction of sp³-hybridized carbons (Fsp3) is 0.269. The Kier molecular flexibility index (Phi) is 6.83. The topological polar surface area (TPSA) is 85.4 Å².